The highest BCUT2D eigenvalue weighted by Crippen LogP contribution is 2.48. The van der Waals surface area contributed by atoms with Crippen LogP contribution in [0.15, 0.2) is 48.5 Å². The summed E-state index contributed by atoms with van der Waals surface area (Å²) in [6, 6.07) is 17.4. The van der Waals surface area contributed by atoms with Crippen LogP contribution in [-0.2, 0) is 5.41 Å². The second-order valence-electron chi connectivity index (χ2n) is 5.77. The molecule has 0 bridgehead atoms. The van der Waals surface area contributed by atoms with E-state index in [4.69, 9.17) is 0 Å². The summed E-state index contributed by atoms with van der Waals surface area (Å²) >= 11 is 0. The molecule has 1 nitrogen and oxygen atoms in total. The van der Waals surface area contributed by atoms with Crippen molar-refractivity contribution >= 4 is 5.69 Å². The first kappa shape index (κ1) is 12.3. The van der Waals surface area contributed by atoms with Crippen molar-refractivity contribution in [1.82, 2.24) is 0 Å². The molecule has 0 spiro atoms. The van der Waals surface area contributed by atoms with E-state index < -0.39 is 0 Å². The van der Waals surface area contributed by atoms with Crippen molar-refractivity contribution in [3.63, 3.8) is 0 Å². The number of rotatable bonds is 4. The first-order chi connectivity index (χ1) is 9.21. The molecular weight excluding hydrogens is 230 g/mol. The van der Waals surface area contributed by atoms with E-state index in [9.17, 15) is 0 Å². The summed E-state index contributed by atoms with van der Waals surface area (Å²) in [6.45, 7) is 5.40. The van der Waals surface area contributed by atoms with E-state index in [1.54, 1.807) is 0 Å². The van der Waals surface area contributed by atoms with Crippen LogP contribution in [0.1, 0.15) is 29.5 Å². The van der Waals surface area contributed by atoms with Crippen LogP contribution >= 0.6 is 0 Å². The third kappa shape index (κ3) is 2.37. The zero-order chi connectivity index (χ0) is 13.3. The van der Waals surface area contributed by atoms with E-state index in [2.05, 4.69) is 67.7 Å². The number of para-hydroxylation sites is 1. The second kappa shape index (κ2) is 4.73. The third-order valence-corrected chi connectivity index (χ3v) is 4.32. The largest absolute Gasteiger partial charge is 0.384 e. The van der Waals surface area contributed by atoms with Gasteiger partial charge in [-0.2, -0.15) is 0 Å². The molecule has 98 valence electrons. The van der Waals surface area contributed by atoms with Gasteiger partial charge in [0.05, 0.1) is 0 Å². The Morgan fingerprint density at radius 3 is 2.11 bits per heavy atom. The normalized spacial score (nSPS) is 16.1. The minimum atomic E-state index is 0.371. The third-order valence-electron chi connectivity index (χ3n) is 4.32. The number of nitrogens with one attached hydrogen (secondary N) is 1. The summed E-state index contributed by atoms with van der Waals surface area (Å²) in [4.78, 5) is 0. The Morgan fingerprint density at radius 2 is 1.53 bits per heavy atom. The van der Waals surface area contributed by atoms with Gasteiger partial charge in [0.25, 0.3) is 0 Å². The van der Waals surface area contributed by atoms with Crippen LogP contribution in [-0.4, -0.2) is 6.54 Å². The quantitative estimate of drug-likeness (QED) is 0.846. The summed E-state index contributed by atoms with van der Waals surface area (Å²) in [6.07, 6.45) is 2.60. The Balaban J connectivity index is 1.77. The molecule has 3 rings (SSSR count). The first-order valence-electron chi connectivity index (χ1n) is 7.07. The lowest BCUT2D eigenvalue weighted by molar-refractivity contribution is 0.732. The molecule has 0 atom stereocenters. The van der Waals surface area contributed by atoms with Gasteiger partial charge >= 0.3 is 0 Å². The molecule has 0 amide bonds. The van der Waals surface area contributed by atoms with Crippen molar-refractivity contribution in [1.29, 1.82) is 0 Å². The maximum Gasteiger partial charge on any atom is 0.0399 e. The molecule has 0 radical (unpaired) electrons. The molecular formula is C18H21N. The van der Waals surface area contributed by atoms with Gasteiger partial charge in [0.15, 0.2) is 0 Å². The van der Waals surface area contributed by atoms with E-state index in [-0.39, 0.29) is 0 Å². The van der Waals surface area contributed by atoms with E-state index in [1.165, 1.54) is 35.2 Å². The summed E-state index contributed by atoms with van der Waals surface area (Å²) in [5, 5.41) is 3.68. The average Bonchev–Trinajstić information content (AvgIpc) is 3.20. The highest BCUT2D eigenvalue weighted by atomic mass is 14.9. The molecule has 1 N–H and O–H groups in total. The number of hydrogen-bond donors (Lipinski definition) is 1. The van der Waals surface area contributed by atoms with Crippen molar-refractivity contribution in [3.8, 4) is 0 Å². The highest BCUT2D eigenvalue weighted by Gasteiger charge is 2.43. The van der Waals surface area contributed by atoms with Crippen LogP contribution in [0.4, 0.5) is 5.69 Å². The van der Waals surface area contributed by atoms with E-state index in [1.807, 2.05) is 0 Å². The molecule has 0 saturated heterocycles. The Bertz CT molecular complexity index is 547. The summed E-state index contributed by atoms with van der Waals surface area (Å²) in [5.41, 5.74) is 5.84. The van der Waals surface area contributed by atoms with E-state index in [0.717, 1.165) is 6.54 Å². The van der Waals surface area contributed by atoms with Crippen molar-refractivity contribution < 1.29 is 0 Å². The fourth-order valence-electron chi connectivity index (χ4n) is 2.86. The number of benzene rings is 2. The Morgan fingerprint density at radius 1 is 0.895 bits per heavy atom. The number of hydrogen-bond acceptors (Lipinski definition) is 1. The maximum absolute atomic E-state index is 3.68. The van der Waals surface area contributed by atoms with Crippen molar-refractivity contribution in [2.24, 2.45) is 0 Å². The topological polar surface area (TPSA) is 12.0 Å². The Labute approximate surface area is 115 Å². The minimum absolute atomic E-state index is 0.371. The van der Waals surface area contributed by atoms with Crippen LogP contribution in [0.25, 0.3) is 0 Å². The molecule has 0 unspecified atom stereocenters. The molecule has 19 heavy (non-hydrogen) atoms. The van der Waals surface area contributed by atoms with Gasteiger partial charge in [0, 0.05) is 17.6 Å². The van der Waals surface area contributed by atoms with Gasteiger partial charge in [-0.1, -0.05) is 48.5 Å². The zero-order valence-corrected chi connectivity index (χ0v) is 11.7. The lowest BCUT2D eigenvalue weighted by Crippen LogP contribution is -2.20. The van der Waals surface area contributed by atoms with Gasteiger partial charge in [0.1, 0.15) is 0 Å². The van der Waals surface area contributed by atoms with Crippen LogP contribution in [0.5, 0.6) is 0 Å². The molecule has 1 aliphatic rings. The Hall–Kier alpha value is -1.76. The fraction of sp³-hybridized carbons (Fsp3) is 0.333. The highest BCUT2D eigenvalue weighted by molar-refractivity contribution is 5.57. The monoisotopic (exact) mass is 251 g/mol. The molecule has 1 saturated carbocycles. The molecule has 1 aliphatic carbocycles. The predicted molar refractivity (Wildman–Crippen MR) is 81.8 cm³/mol. The zero-order valence-electron chi connectivity index (χ0n) is 11.7. The standard InChI is InChI=1S/C18H21N/c1-14-7-6-8-15(2)17(14)19-13-18(11-12-18)16-9-4-3-5-10-16/h3-10,19H,11-13H2,1-2H3. The van der Waals surface area contributed by atoms with Gasteiger partial charge in [-0.15, -0.1) is 0 Å². The summed E-state index contributed by atoms with van der Waals surface area (Å²) in [7, 11) is 0. The lowest BCUT2D eigenvalue weighted by atomic mass is 9.95. The van der Waals surface area contributed by atoms with Crippen LogP contribution in [0.3, 0.4) is 0 Å². The SMILES string of the molecule is Cc1cccc(C)c1NCC1(c2ccccc2)CC1. The van der Waals surface area contributed by atoms with Gasteiger partial charge in [-0.25, -0.2) is 0 Å². The van der Waals surface area contributed by atoms with Crippen molar-refractivity contribution in [2.45, 2.75) is 32.1 Å². The predicted octanol–water partition coefficient (Wildman–Crippen LogP) is 4.45. The molecule has 2 aromatic rings. The maximum atomic E-state index is 3.68. The smallest absolute Gasteiger partial charge is 0.0399 e. The molecule has 1 fully saturated rings. The number of anilines is 1. The van der Waals surface area contributed by atoms with Gasteiger partial charge in [-0.3, -0.25) is 0 Å². The lowest BCUT2D eigenvalue weighted by Gasteiger charge is -2.19. The molecule has 1 heteroatoms. The van der Waals surface area contributed by atoms with Crippen LogP contribution in [0.2, 0.25) is 0 Å². The van der Waals surface area contributed by atoms with Crippen molar-refractivity contribution in [2.75, 3.05) is 11.9 Å². The van der Waals surface area contributed by atoms with E-state index in [0.29, 0.717) is 5.41 Å². The second-order valence-corrected chi connectivity index (χ2v) is 5.77. The number of aryl methyl sites for hydroxylation is 2. The van der Waals surface area contributed by atoms with Gasteiger partial charge in [0.2, 0.25) is 0 Å². The van der Waals surface area contributed by atoms with Crippen LogP contribution < -0.4 is 5.32 Å². The summed E-state index contributed by atoms with van der Waals surface area (Å²) < 4.78 is 0. The average molecular weight is 251 g/mol. The fourth-order valence-corrected chi connectivity index (χ4v) is 2.86. The minimum Gasteiger partial charge on any atom is -0.384 e. The van der Waals surface area contributed by atoms with Gasteiger partial charge < -0.3 is 5.32 Å². The Kier molecular flexibility index (Phi) is 3.06. The van der Waals surface area contributed by atoms with E-state index >= 15 is 0 Å². The molecule has 2 aromatic carbocycles. The van der Waals surface area contributed by atoms with Crippen molar-refractivity contribution in [3.05, 3.63) is 65.2 Å². The first-order valence-corrected chi connectivity index (χ1v) is 7.07. The van der Waals surface area contributed by atoms with Crippen LogP contribution in [0, 0.1) is 13.8 Å². The van der Waals surface area contributed by atoms with Gasteiger partial charge in [-0.05, 0) is 43.4 Å². The molecule has 0 aromatic heterocycles. The molecule has 0 heterocycles. The summed E-state index contributed by atoms with van der Waals surface area (Å²) in [5.74, 6) is 0. The molecule has 0 aliphatic heterocycles.